The normalized spacial score (nSPS) is 12.6. The third-order valence-electron chi connectivity index (χ3n) is 3.15. The molecule has 1 nitrogen and oxygen atoms in total. The molecule has 0 aliphatic carbocycles. The van der Waals surface area contributed by atoms with Crippen LogP contribution in [0.25, 0.3) is 12.2 Å². The summed E-state index contributed by atoms with van der Waals surface area (Å²) in [6, 6.07) is 6.99. The van der Waals surface area contributed by atoms with Crippen LogP contribution in [0, 0.1) is 0 Å². The Kier molecular flexibility index (Phi) is 4.82. The molecule has 0 radical (unpaired) electrons. The highest BCUT2D eigenvalue weighted by Gasteiger charge is 2.31. The van der Waals surface area contributed by atoms with Gasteiger partial charge in [-0.3, -0.25) is 4.79 Å². The molecule has 24 heavy (non-hydrogen) atoms. The van der Waals surface area contributed by atoms with Gasteiger partial charge >= 0.3 is 12.4 Å². The summed E-state index contributed by atoms with van der Waals surface area (Å²) in [6.45, 7) is 0. The number of halogens is 6. The largest absolute Gasteiger partial charge is 0.416 e. The molecule has 0 fully saturated rings. The molecular formula is C17H10F6O. The topological polar surface area (TPSA) is 17.1 Å². The first-order valence-corrected chi connectivity index (χ1v) is 6.62. The smallest absolute Gasteiger partial charge is 0.298 e. The first-order chi connectivity index (χ1) is 11.1. The number of aldehydes is 1. The average Bonchev–Trinajstić information content (AvgIpc) is 2.51. The van der Waals surface area contributed by atoms with Gasteiger partial charge in [-0.05, 0) is 41.5 Å². The first-order valence-electron chi connectivity index (χ1n) is 6.62. The molecule has 0 bridgehead atoms. The molecule has 0 atom stereocenters. The zero-order chi connectivity index (χ0) is 18.0. The van der Waals surface area contributed by atoms with E-state index in [0.717, 1.165) is 24.3 Å². The fourth-order valence-electron chi connectivity index (χ4n) is 1.98. The van der Waals surface area contributed by atoms with Gasteiger partial charge in [-0.1, -0.05) is 24.3 Å². The first kappa shape index (κ1) is 17.8. The maximum absolute atomic E-state index is 12.8. The fraction of sp³-hybridized carbons (Fsp3) is 0.118. The maximum Gasteiger partial charge on any atom is 0.416 e. The Labute approximate surface area is 133 Å². The molecule has 2 rings (SSSR count). The second kappa shape index (κ2) is 6.51. The Morgan fingerprint density at radius 1 is 0.625 bits per heavy atom. The molecule has 0 N–H and O–H groups in total. The lowest BCUT2D eigenvalue weighted by molar-refractivity contribution is -0.138. The second-order valence-electron chi connectivity index (χ2n) is 4.96. The van der Waals surface area contributed by atoms with Crippen molar-refractivity contribution in [3.05, 3.63) is 70.3 Å². The van der Waals surface area contributed by atoms with Crippen LogP contribution < -0.4 is 0 Å². The number of benzene rings is 2. The molecule has 0 saturated heterocycles. The van der Waals surface area contributed by atoms with E-state index in [1.54, 1.807) is 0 Å². The molecule has 0 unspecified atom stereocenters. The summed E-state index contributed by atoms with van der Waals surface area (Å²) in [5.41, 5.74) is -1.43. The molecule has 0 aromatic heterocycles. The van der Waals surface area contributed by atoms with Crippen molar-refractivity contribution in [3.63, 3.8) is 0 Å². The molecule has 2 aromatic rings. The van der Waals surface area contributed by atoms with Crippen LogP contribution >= 0.6 is 0 Å². The minimum atomic E-state index is -4.60. The molecule has 2 aromatic carbocycles. The van der Waals surface area contributed by atoms with Crippen LogP contribution in [0.1, 0.15) is 32.6 Å². The molecule has 0 saturated carbocycles. The number of hydrogen-bond donors (Lipinski definition) is 0. The Hall–Kier alpha value is -2.57. The SMILES string of the molecule is O=Cc1cc(/C=C/c2ccc(C(F)(F)F)cc2)cc(C(F)(F)F)c1. The summed E-state index contributed by atoms with van der Waals surface area (Å²) in [6.07, 6.45) is -6.10. The van der Waals surface area contributed by atoms with Crippen molar-refractivity contribution in [3.8, 4) is 0 Å². The van der Waals surface area contributed by atoms with E-state index in [1.807, 2.05) is 0 Å². The zero-order valence-corrected chi connectivity index (χ0v) is 11.9. The highest BCUT2D eigenvalue weighted by molar-refractivity contribution is 5.79. The predicted octanol–water partition coefficient (Wildman–Crippen LogP) is 5.71. The van der Waals surface area contributed by atoms with E-state index in [0.29, 0.717) is 11.8 Å². The molecule has 7 heteroatoms. The summed E-state index contributed by atoms with van der Waals surface area (Å²) >= 11 is 0. The van der Waals surface area contributed by atoms with Crippen LogP contribution in [0.5, 0.6) is 0 Å². The Morgan fingerprint density at radius 3 is 1.62 bits per heavy atom. The lowest BCUT2D eigenvalue weighted by atomic mass is 10.0. The van der Waals surface area contributed by atoms with Gasteiger partial charge in [-0.25, -0.2) is 0 Å². The monoisotopic (exact) mass is 344 g/mol. The van der Waals surface area contributed by atoms with Crippen molar-refractivity contribution in [1.29, 1.82) is 0 Å². The summed E-state index contributed by atoms with van der Waals surface area (Å²) in [7, 11) is 0. The standard InChI is InChI=1S/C17H10F6O/c18-16(19,20)14-5-3-11(4-6-14)1-2-12-7-13(10-24)9-15(8-12)17(21,22)23/h1-10H/b2-1+. The van der Waals surface area contributed by atoms with E-state index in [2.05, 4.69) is 0 Å². The van der Waals surface area contributed by atoms with Crippen molar-refractivity contribution >= 4 is 18.4 Å². The number of hydrogen-bond acceptors (Lipinski definition) is 1. The predicted molar refractivity (Wildman–Crippen MR) is 77.2 cm³/mol. The highest BCUT2D eigenvalue weighted by Crippen LogP contribution is 2.31. The number of carbonyl (C=O) groups excluding carboxylic acids is 1. The highest BCUT2D eigenvalue weighted by atomic mass is 19.4. The van der Waals surface area contributed by atoms with E-state index in [1.165, 1.54) is 30.4 Å². The van der Waals surface area contributed by atoms with Gasteiger partial charge in [-0.15, -0.1) is 0 Å². The molecule has 0 aliphatic rings. The third kappa shape index (κ3) is 4.47. The van der Waals surface area contributed by atoms with Crippen molar-refractivity contribution in [2.75, 3.05) is 0 Å². The summed E-state index contributed by atoms with van der Waals surface area (Å²) < 4.78 is 75.6. The number of rotatable bonds is 3. The van der Waals surface area contributed by atoms with Crippen LogP contribution in [0.3, 0.4) is 0 Å². The fourth-order valence-corrected chi connectivity index (χ4v) is 1.98. The summed E-state index contributed by atoms with van der Waals surface area (Å²) in [4.78, 5) is 10.7. The maximum atomic E-state index is 12.8. The molecule has 0 heterocycles. The van der Waals surface area contributed by atoms with Gasteiger partial charge < -0.3 is 0 Å². The summed E-state index contributed by atoms with van der Waals surface area (Å²) in [5, 5.41) is 0. The van der Waals surface area contributed by atoms with Crippen LogP contribution in [0.2, 0.25) is 0 Å². The van der Waals surface area contributed by atoms with Crippen molar-refractivity contribution in [2.24, 2.45) is 0 Å². The van der Waals surface area contributed by atoms with Gasteiger partial charge in [0, 0.05) is 5.56 Å². The van der Waals surface area contributed by atoms with Crippen LogP contribution in [0.15, 0.2) is 42.5 Å². The minimum absolute atomic E-state index is 0.117. The van der Waals surface area contributed by atoms with Crippen molar-refractivity contribution in [1.82, 2.24) is 0 Å². The lowest BCUT2D eigenvalue weighted by Gasteiger charge is -2.08. The zero-order valence-electron chi connectivity index (χ0n) is 11.9. The van der Waals surface area contributed by atoms with Crippen LogP contribution in [-0.4, -0.2) is 6.29 Å². The van der Waals surface area contributed by atoms with E-state index in [4.69, 9.17) is 0 Å². The van der Waals surface area contributed by atoms with Gasteiger partial charge in [0.15, 0.2) is 0 Å². The quantitative estimate of drug-likeness (QED) is 0.396. The number of alkyl halides is 6. The molecular weight excluding hydrogens is 334 g/mol. The Balaban J connectivity index is 2.30. The Bertz CT molecular complexity index is 754. The Morgan fingerprint density at radius 2 is 1.12 bits per heavy atom. The van der Waals surface area contributed by atoms with Gasteiger partial charge in [0.1, 0.15) is 6.29 Å². The van der Waals surface area contributed by atoms with Crippen molar-refractivity contribution < 1.29 is 31.1 Å². The minimum Gasteiger partial charge on any atom is -0.298 e. The van der Waals surface area contributed by atoms with E-state index < -0.39 is 23.5 Å². The lowest BCUT2D eigenvalue weighted by Crippen LogP contribution is -2.06. The van der Waals surface area contributed by atoms with E-state index in [9.17, 15) is 31.1 Å². The van der Waals surface area contributed by atoms with E-state index in [-0.39, 0.29) is 11.1 Å². The molecule has 0 amide bonds. The molecule has 0 spiro atoms. The van der Waals surface area contributed by atoms with Gasteiger partial charge in [0.25, 0.3) is 0 Å². The van der Waals surface area contributed by atoms with E-state index >= 15 is 0 Å². The van der Waals surface area contributed by atoms with Gasteiger partial charge in [0.2, 0.25) is 0 Å². The molecule has 126 valence electrons. The summed E-state index contributed by atoms with van der Waals surface area (Å²) in [5.74, 6) is 0. The van der Waals surface area contributed by atoms with Gasteiger partial charge in [0.05, 0.1) is 11.1 Å². The average molecular weight is 344 g/mol. The second-order valence-corrected chi connectivity index (χ2v) is 4.96. The van der Waals surface area contributed by atoms with Crippen molar-refractivity contribution in [2.45, 2.75) is 12.4 Å². The molecule has 0 aliphatic heterocycles. The number of carbonyl (C=O) groups is 1. The third-order valence-corrected chi connectivity index (χ3v) is 3.15. The van der Waals surface area contributed by atoms with Crippen LogP contribution in [0.4, 0.5) is 26.3 Å². The van der Waals surface area contributed by atoms with Crippen LogP contribution in [-0.2, 0) is 12.4 Å². The van der Waals surface area contributed by atoms with Gasteiger partial charge in [-0.2, -0.15) is 26.3 Å².